The van der Waals surface area contributed by atoms with E-state index in [1.54, 1.807) is 17.0 Å². The first kappa shape index (κ1) is 18.9. The Balaban J connectivity index is 1.54. The molecular weight excluding hydrogens is 398 g/mol. The van der Waals surface area contributed by atoms with E-state index >= 15 is 0 Å². The van der Waals surface area contributed by atoms with Crippen LogP contribution in [-0.4, -0.2) is 32.0 Å². The Bertz CT molecular complexity index is 1320. The standard InChI is InChI=1S/C23H19N3O5/c1-23(26-20(27)10-11-21(26)28,24-14-12-16-6-2-4-8-18(16)24)22(29)30-31-25-15-13-17-7-3-5-9-19(17)25/h2-9,12-15H,10-11H2,1H3/t23-/m0/s1. The topological polar surface area (TPSA) is 82.8 Å². The van der Waals surface area contributed by atoms with Crippen molar-refractivity contribution in [2.45, 2.75) is 25.4 Å². The van der Waals surface area contributed by atoms with Gasteiger partial charge in [0.1, 0.15) is 0 Å². The number of nitrogens with zero attached hydrogens (tertiary/aromatic N) is 3. The first-order chi connectivity index (χ1) is 15.0. The molecule has 0 aliphatic carbocycles. The summed E-state index contributed by atoms with van der Waals surface area (Å²) in [7, 11) is 0. The van der Waals surface area contributed by atoms with Crippen molar-refractivity contribution in [3.63, 3.8) is 0 Å². The highest BCUT2D eigenvalue weighted by atomic mass is 17.3. The van der Waals surface area contributed by atoms with Gasteiger partial charge in [0.05, 0.1) is 11.0 Å². The molecule has 1 saturated heterocycles. The number of carbonyl (C=O) groups is 3. The van der Waals surface area contributed by atoms with Gasteiger partial charge in [0.25, 0.3) is 0 Å². The second-order valence-electron chi connectivity index (χ2n) is 7.53. The van der Waals surface area contributed by atoms with E-state index in [2.05, 4.69) is 0 Å². The zero-order valence-corrected chi connectivity index (χ0v) is 16.7. The van der Waals surface area contributed by atoms with E-state index in [0.717, 1.165) is 15.7 Å². The normalized spacial score (nSPS) is 16.1. The molecule has 1 atom stereocenters. The average molecular weight is 417 g/mol. The second kappa shape index (κ2) is 7.02. The Morgan fingerprint density at radius 3 is 2.13 bits per heavy atom. The quantitative estimate of drug-likeness (QED) is 0.283. The highest BCUT2D eigenvalue weighted by Crippen LogP contribution is 2.33. The van der Waals surface area contributed by atoms with Gasteiger partial charge in [0, 0.05) is 30.6 Å². The van der Waals surface area contributed by atoms with Gasteiger partial charge in [-0.25, -0.2) is 14.6 Å². The lowest BCUT2D eigenvalue weighted by atomic mass is 10.1. The van der Waals surface area contributed by atoms with Crippen LogP contribution in [0.3, 0.4) is 0 Å². The maximum Gasteiger partial charge on any atom is 0.404 e. The van der Waals surface area contributed by atoms with Crippen LogP contribution in [-0.2, 0) is 24.9 Å². The lowest BCUT2D eigenvalue weighted by Crippen LogP contribution is -2.57. The highest BCUT2D eigenvalue weighted by molar-refractivity contribution is 6.06. The molecule has 156 valence electrons. The summed E-state index contributed by atoms with van der Waals surface area (Å²) in [5.74, 6) is -1.77. The van der Waals surface area contributed by atoms with Crippen molar-refractivity contribution in [2.75, 3.05) is 0 Å². The van der Waals surface area contributed by atoms with Crippen molar-refractivity contribution >= 4 is 39.6 Å². The van der Waals surface area contributed by atoms with Gasteiger partial charge in [-0.05, 0) is 36.6 Å². The Hall–Kier alpha value is -4.07. The van der Waals surface area contributed by atoms with Crippen LogP contribution < -0.4 is 4.99 Å². The van der Waals surface area contributed by atoms with Gasteiger partial charge in [-0.3, -0.25) is 9.59 Å². The van der Waals surface area contributed by atoms with Crippen LogP contribution in [0.5, 0.6) is 0 Å². The number of rotatable bonds is 5. The van der Waals surface area contributed by atoms with Gasteiger partial charge >= 0.3 is 5.97 Å². The van der Waals surface area contributed by atoms with Gasteiger partial charge < -0.3 is 4.57 Å². The summed E-state index contributed by atoms with van der Waals surface area (Å²) in [4.78, 5) is 50.1. The molecule has 2 aromatic carbocycles. The van der Waals surface area contributed by atoms with Crippen molar-refractivity contribution in [2.24, 2.45) is 0 Å². The van der Waals surface area contributed by atoms with E-state index in [4.69, 9.17) is 9.88 Å². The number of hydrogen-bond acceptors (Lipinski definition) is 5. The molecule has 2 amide bonds. The molecule has 5 rings (SSSR count). The molecule has 4 aromatic rings. The Kier molecular flexibility index (Phi) is 4.28. The van der Waals surface area contributed by atoms with Crippen molar-refractivity contribution in [3.05, 3.63) is 73.1 Å². The molecule has 0 saturated carbocycles. The Morgan fingerprint density at radius 1 is 0.839 bits per heavy atom. The summed E-state index contributed by atoms with van der Waals surface area (Å²) in [5, 5.41) is 1.76. The molecule has 1 aliphatic rings. The summed E-state index contributed by atoms with van der Waals surface area (Å²) in [5.41, 5.74) is -0.367. The van der Waals surface area contributed by atoms with Crippen molar-refractivity contribution < 1.29 is 24.3 Å². The van der Waals surface area contributed by atoms with Crippen LogP contribution in [0.1, 0.15) is 19.8 Å². The zero-order valence-electron chi connectivity index (χ0n) is 16.7. The molecule has 0 spiro atoms. The Morgan fingerprint density at radius 2 is 1.42 bits per heavy atom. The van der Waals surface area contributed by atoms with E-state index in [1.807, 2.05) is 60.7 Å². The van der Waals surface area contributed by atoms with Crippen LogP contribution in [0, 0.1) is 0 Å². The minimum absolute atomic E-state index is 0.0456. The van der Waals surface area contributed by atoms with Gasteiger partial charge in [0.2, 0.25) is 17.5 Å². The molecule has 31 heavy (non-hydrogen) atoms. The molecule has 2 aromatic heterocycles. The van der Waals surface area contributed by atoms with Gasteiger partial charge in [-0.15, -0.1) is 4.73 Å². The predicted molar refractivity (Wildman–Crippen MR) is 111 cm³/mol. The monoisotopic (exact) mass is 417 g/mol. The number of para-hydroxylation sites is 2. The largest absolute Gasteiger partial charge is 0.404 e. The minimum Gasteiger partial charge on any atom is -0.314 e. The van der Waals surface area contributed by atoms with Crippen molar-refractivity contribution in [3.8, 4) is 0 Å². The van der Waals surface area contributed by atoms with Crippen molar-refractivity contribution in [1.82, 2.24) is 14.2 Å². The lowest BCUT2D eigenvalue weighted by Gasteiger charge is -2.35. The fourth-order valence-corrected chi connectivity index (χ4v) is 4.10. The van der Waals surface area contributed by atoms with E-state index in [1.165, 1.54) is 11.7 Å². The highest BCUT2D eigenvalue weighted by Gasteiger charge is 2.52. The number of likely N-dealkylation sites (tertiary alicyclic amines) is 1. The molecule has 1 aliphatic heterocycles. The number of imide groups is 1. The van der Waals surface area contributed by atoms with E-state index in [9.17, 15) is 14.4 Å². The van der Waals surface area contributed by atoms with E-state index in [-0.39, 0.29) is 12.8 Å². The second-order valence-corrected chi connectivity index (χ2v) is 7.53. The molecule has 8 heteroatoms. The number of benzene rings is 2. The minimum atomic E-state index is -1.75. The van der Waals surface area contributed by atoms with E-state index < -0.39 is 23.4 Å². The van der Waals surface area contributed by atoms with Crippen LogP contribution in [0.2, 0.25) is 0 Å². The van der Waals surface area contributed by atoms with Gasteiger partial charge in [-0.1, -0.05) is 36.4 Å². The number of hydrogen-bond donors (Lipinski definition) is 0. The van der Waals surface area contributed by atoms with E-state index in [0.29, 0.717) is 11.0 Å². The fourth-order valence-electron chi connectivity index (χ4n) is 4.10. The summed E-state index contributed by atoms with van der Waals surface area (Å²) in [6, 6.07) is 18.4. The summed E-state index contributed by atoms with van der Waals surface area (Å²) >= 11 is 0. The van der Waals surface area contributed by atoms with Crippen LogP contribution in [0.25, 0.3) is 21.8 Å². The van der Waals surface area contributed by atoms with Gasteiger partial charge in [0.15, 0.2) is 0 Å². The summed E-state index contributed by atoms with van der Waals surface area (Å²) in [6.07, 6.45) is 3.37. The third-order valence-corrected chi connectivity index (χ3v) is 5.70. The molecule has 1 fully saturated rings. The number of fused-ring (bicyclic) bond motifs is 2. The first-order valence-electron chi connectivity index (χ1n) is 9.88. The smallest absolute Gasteiger partial charge is 0.314 e. The molecule has 0 unspecified atom stereocenters. The third-order valence-electron chi connectivity index (χ3n) is 5.70. The maximum absolute atomic E-state index is 13.4. The van der Waals surface area contributed by atoms with Crippen LogP contribution in [0.4, 0.5) is 0 Å². The van der Waals surface area contributed by atoms with Gasteiger partial charge in [-0.2, -0.15) is 4.99 Å². The fraction of sp³-hybridized carbons (Fsp3) is 0.174. The molecule has 0 bridgehead atoms. The molecular formula is C23H19N3O5. The predicted octanol–water partition coefficient (Wildman–Crippen LogP) is 3.00. The summed E-state index contributed by atoms with van der Waals surface area (Å²) < 4.78 is 2.89. The zero-order chi connectivity index (χ0) is 21.6. The number of aromatic nitrogens is 2. The SMILES string of the molecule is C[C@@](C(=O)OOn1ccc2ccccc21)(N1C(=O)CCC1=O)n1ccc2ccccc21. The summed E-state index contributed by atoms with van der Waals surface area (Å²) in [6.45, 7) is 1.49. The maximum atomic E-state index is 13.4. The first-order valence-corrected chi connectivity index (χ1v) is 9.88. The van der Waals surface area contributed by atoms with Crippen molar-refractivity contribution in [1.29, 1.82) is 0 Å². The number of amides is 2. The molecule has 0 radical (unpaired) electrons. The van der Waals surface area contributed by atoms with Crippen LogP contribution in [0.15, 0.2) is 73.1 Å². The molecule has 3 heterocycles. The Labute approximate surface area is 177 Å². The van der Waals surface area contributed by atoms with Crippen LogP contribution >= 0.6 is 0 Å². The average Bonchev–Trinajstić information content (AvgIpc) is 3.48. The third kappa shape index (κ3) is 2.87. The lowest BCUT2D eigenvalue weighted by molar-refractivity contribution is -0.280. The molecule has 8 nitrogen and oxygen atoms in total. The molecule has 0 N–H and O–H groups in total. The number of carbonyl (C=O) groups excluding carboxylic acids is 3.